The number of amides is 1. The number of para-hydroxylation sites is 1. The van der Waals surface area contributed by atoms with Crippen molar-refractivity contribution in [3.63, 3.8) is 0 Å². The number of hydrogen-bond acceptors (Lipinski definition) is 3. The second-order valence-electron chi connectivity index (χ2n) is 6.49. The van der Waals surface area contributed by atoms with E-state index >= 15 is 0 Å². The van der Waals surface area contributed by atoms with Crippen molar-refractivity contribution < 1.29 is 17.8 Å². The molecule has 2 rings (SSSR count). The van der Waals surface area contributed by atoms with Crippen LogP contribution in [0.4, 0.5) is 5.69 Å². The number of carbonyl (C=O) groups excluding carboxylic acids is 1. The molecule has 0 aromatic heterocycles. The molecular formula is C21H29NO4S. The van der Waals surface area contributed by atoms with Gasteiger partial charge in [-0.3, -0.25) is 9.35 Å². The Morgan fingerprint density at radius 1 is 0.963 bits per heavy atom. The molecule has 0 heterocycles. The number of anilines is 1. The van der Waals surface area contributed by atoms with E-state index in [1.54, 1.807) is 13.0 Å². The summed E-state index contributed by atoms with van der Waals surface area (Å²) in [5.74, 6) is 0.217. The monoisotopic (exact) mass is 391 g/mol. The molecule has 2 unspecified atom stereocenters. The minimum atomic E-state index is -4.33. The van der Waals surface area contributed by atoms with Crippen LogP contribution in [0.3, 0.4) is 0 Å². The fourth-order valence-electron chi connectivity index (χ4n) is 2.25. The van der Waals surface area contributed by atoms with Crippen LogP contribution in [0.2, 0.25) is 0 Å². The fourth-order valence-corrected chi connectivity index (χ4v) is 2.90. The molecule has 0 saturated heterocycles. The molecule has 2 N–H and O–H groups in total. The standard InChI is InChI=1S/C11H15NO4S.C10H14/c1-3-8(2)11(13)12-9-6-4-5-7-10(9)17(14,15)16;1-3-9(2)10-7-5-4-6-8-10/h4-8H,3H2,1-2H3,(H,12,13)(H,14,15,16);4-9H,3H2,1-2H3. The molecule has 0 saturated carbocycles. The van der Waals surface area contributed by atoms with Gasteiger partial charge >= 0.3 is 0 Å². The van der Waals surface area contributed by atoms with Crippen molar-refractivity contribution in [2.75, 3.05) is 5.32 Å². The maximum Gasteiger partial charge on any atom is 0.296 e. The number of rotatable bonds is 6. The zero-order valence-corrected chi connectivity index (χ0v) is 17.2. The molecule has 0 fully saturated rings. The quantitative estimate of drug-likeness (QED) is 0.670. The van der Waals surface area contributed by atoms with Crippen LogP contribution in [0.1, 0.15) is 52.0 Å². The number of hydrogen-bond donors (Lipinski definition) is 2. The Kier molecular flexibility index (Phi) is 9.18. The summed E-state index contributed by atoms with van der Waals surface area (Å²) in [6, 6.07) is 16.4. The van der Waals surface area contributed by atoms with Gasteiger partial charge in [0.05, 0.1) is 5.69 Å². The van der Waals surface area contributed by atoms with Crippen molar-refractivity contribution in [3.8, 4) is 0 Å². The first kappa shape index (κ1) is 22.9. The molecule has 0 bridgehead atoms. The van der Waals surface area contributed by atoms with E-state index in [0.29, 0.717) is 12.3 Å². The van der Waals surface area contributed by atoms with Gasteiger partial charge in [0.1, 0.15) is 4.90 Å². The van der Waals surface area contributed by atoms with Crippen LogP contribution < -0.4 is 5.32 Å². The second-order valence-corrected chi connectivity index (χ2v) is 7.88. The second kappa shape index (κ2) is 10.8. The van der Waals surface area contributed by atoms with Crippen LogP contribution in [0, 0.1) is 5.92 Å². The first-order valence-corrected chi connectivity index (χ1v) is 10.6. The van der Waals surface area contributed by atoms with Crippen LogP contribution in [0.25, 0.3) is 0 Å². The highest BCUT2D eigenvalue weighted by atomic mass is 32.2. The molecule has 2 aromatic carbocycles. The zero-order chi connectivity index (χ0) is 20.4. The zero-order valence-electron chi connectivity index (χ0n) is 16.3. The van der Waals surface area contributed by atoms with E-state index in [-0.39, 0.29) is 22.4 Å². The van der Waals surface area contributed by atoms with E-state index in [1.165, 1.54) is 30.2 Å². The summed E-state index contributed by atoms with van der Waals surface area (Å²) in [6.07, 6.45) is 1.88. The van der Waals surface area contributed by atoms with E-state index in [4.69, 9.17) is 4.55 Å². The van der Waals surface area contributed by atoms with Gasteiger partial charge in [0, 0.05) is 5.92 Å². The van der Waals surface area contributed by atoms with Crippen LogP contribution >= 0.6 is 0 Å². The smallest absolute Gasteiger partial charge is 0.296 e. The summed E-state index contributed by atoms with van der Waals surface area (Å²) in [5.41, 5.74) is 1.55. The SMILES string of the molecule is CCC(C)C(=O)Nc1ccccc1S(=O)(=O)O.CCC(C)c1ccccc1. The minimum Gasteiger partial charge on any atom is -0.325 e. The maximum absolute atomic E-state index is 11.6. The topological polar surface area (TPSA) is 83.5 Å². The Morgan fingerprint density at radius 3 is 2.04 bits per heavy atom. The third kappa shape index (κ3) is 7.53. The van der Waals surface area contributed by atoms with Gasteiger partial charge in [-0.15, -0.1) is 0 Å². The van der Waals surface area contributed by atoms with Crippen molar-refractivity contribution in [1.29, 1.82) is 0 Å². The van der Waals surface area contributed by atoms with Gasteiger partial charge in [-0.2, -0.15) is 8.42 Å². The lowest BCUT2D eigenvalue weighted by Gasteiger charge is -2.12. The highest BCUT2D eigenvalue weighted by Crippen LogP contribution is 2.21. The molecule has 6 heteroatoms. The highest BCUT2D eigenvalue weighted by Gasteiger charge is 2.18. The van der Waals surface area contributed by atoms with Crippen molar-refractivity contribution in [3.05, 3.63) is 60.2 Å². The predicted octanol–water partition coefficient (Wildman–Crippen LogP) is 5.12. The minimum absolute atomic E-state index is 0.0975. The lowest BCUT2D eigenvalue weighted by Crippen LogP contribution is -2.21. The molecule has 1 amide bonds. The van der Waals surface area contributed by atoms with Gasteiger partial charge in [0.15, 0.2) is 0 Å². The summed E-state index contributed by atoms with van der Waals surface area (Å²) in [6.45, 7) is 8.08. The van der Waals surface area contributed by atoms with Crippen LogP contribution in [0.5, 0.6) is 0 Å². The predicted molar refractivity (Wildman–Crippen MR) is 109 cm³/mol. The highest BCUT2D eigenvalue weighted by molar-refractivity contribution is 7.86. The van der Waals surface area contributed by atoms with Gasteiger partial charge in [0.2, 0.25) is 5.91 Å². The molecule has 5 nitrogen and oxygen atoms in total. The van der Waals surface area contributed by atoms with E-state index in [2.05, 4.69) is 49.5 Å². The molecule has 0 aliphatic rings. The molecule has 0 aliphatic heterocycles. The Morgan fingerprint density at radius 2 is 1.52 bits per heavy atom. The summed E-state index contributed by atoms with van der Waals surface area (Å²) < 4.78 is 31.2. The summed E-state index contributed by atoms with van der Waals surface area (Å²) in [4.78, 5) is 11.3. The average molecular weight is 392 g/mol. The van der Waals surface area contributed by atoms with E-state index in [0.717, 1.165) is 0 Å². The molecule has 2 atom stereocenters. The Labute approximate surface area is 162 Å². The number of carbonyl (C=O) groups is 1. The van der Waals surface area contributed by atoms with E-state index in [9.17, 15) is 13.2 Å². The molecule has 0 aliphatic carbocycles. The Hall–Kier alpha value is -2.18. The maximum atomic E-state index is 11.6. The largest absolute Gasteiger partial charge is 0.325 e. The first-order valence-electron chi connectivity index (χ1n) is 9.12. The number of benzene rings is 2. The van der Waals surface area contributed by atoms with Crippen LogP contribution in [0.15, 0.2) is 59.5 Å². The van der Waals surface area contributed by atoms with Crippen molar-refractivity contribution in [2.45, 2.75) is 51.3 Å². The average Bonchev–Trinajstić information content (AvgIpc) is 2.67. The third-order valence-electron chi connectivity index (χ3n) is 4.46. The number of nitrogens with one attached hydrogen (secondary N) is 1. The first-order chi connectivity index (χ1) is 12.7. The van der Waals surface area contributed by atoms with Crippen LogP contribution in [-0.4, -0.2) is 18.9 Å². The molecule has 148 valence electrons. The van der Waals surface area contributed by atoms with Gasteiger partial charge in [0.25, 0.3) is 10.1 Å². The van der Waals surface area contributed by atoms with Gasteiger partial charge in [-0.1, -0.05) is 70.2 Å². The molecular weight excluding hydrogens is 362 g/mol. The fraction of sp³-hybridized carbons (Fsp3) is 0.381. The van der Waals surface area contributed by atoms with Crippen molar-refractivity contribution >= 4 is 21.7 Å². The van der Waals surface area contributed by atoms with Crippen LogP contribution in [-0.2, 0) is 14.9 Å². The van der Waals surface area contributed by atoms with Gasteiger partial charge in [-0.05, 0) is 36.5 Å². The van der Waals surface area contributed by atoms with E-state index < -0.39 is 10.1 Å². The molecule has 0 radical (unpaired) electrons. The Bertz CT molecular complexity index is 819. The molecule has 27 heavy (non-hydrogen) atoms. The van der Waals surface area contributed by atoms with E-state index in [1.807, 2.05) is 6.92 Å². The molecule has 0 spiro atoms. The van der Waals surface area contributed by atoms with Gasteiger partial charge in [-0.25, -0.2) is 0 Å². The normalized spacial score (nSPS) is 13.1. The molecule has 2 aromatic rings. The van der Waals surface area contributed by atoms with Gasteiger partial charge < -0.3 is 5.32 Å². The lowest BCUT2D eigenvalue weighted by molar-refractivity contribution is -0.119. The van der Waals surface area contributed by atoms with Crippen molar-refractivity contribution in [1.82, 2.24) is 0 Å². The summed E-state index contributed by atoms with van der Waals surface area (Å²) in [7, 11) is -4.33. The third-order valence-corrected chi connectivity index (χ3v) is 5.38. The Balaban J connectivity index is 0.000000309. The summed E-state index contributed by atoms with van der Waals surface area (Å²) in [5, 5.41) is 2.49. The van der Waals surface area contributed by atoms with Crippen molar-refractivity contribution in [2.24, 2.45) is 5.92 Å². The lowest BCUT2D eigenvalue weighted by atomic mass is 9.99. The summed E-state index contributed by atoms with van der Waals surface area (Å²) >= 11 is 0.